The predicted molar refractivity (Wildman–Crippen MR) is 128 cm³/mol. The van der Waals surface area contributed by atoms with Crippen molar-refractivity contribution in [3.63, 3.8) is 0 Å². The fourth-order valence-corrected chi connectivity index (χ4v) is 3.60. The van der Waals surface area contributed by atoms with E-state index in [0.717, 1.165) is 22.4 Å². The van der Waals surface area contributed by atoms with Crippen LogP contribution in [0.2, 0.25) is 0 Å². The zero-order chi connectivity index (χ0) is 20.6. The van der Waals surface area contributed by atoms with Gasteiger partial charge in [-0.15, -0.1) is 24.0 Å². The van der Waals surface area contributed by atoms with E-state index in [1.807, 2.05) is 32.0 Å². The lowest BCUT2D eigenvalue weighted by molar-refractivity contribution is 0.408. The van der Waals surface area contributed by atoms with Crippen LogP contribution in [0.15, 0.2) is 52.4 Å². The van der Waals surface area contributed by atoms with Crippen molar-refractivity contribution in [2.24, 2.45) is 4.99 Å². The second-order valence-corrected chi connectivity index (χ2v) is 8.15. The van der Waals surface area contributed by atoms with Gasteiger partial charge in [0.15, 0.2) is 5.96 Å². The maximum Gasteiger partial charge on any atom is 0.240 e. The number of sulfonamides is 1. The molecule has 3 N–H and O–H groups in total. The van der Waals surface area contributed by atoms with Crippen LogP contribution < -0.4 is 20.1 Å². The van der Waals surface area contributed by atoms with E-state index in [9.17, 15) is 8.42 Å². The van der Waals surface area contributed by atoms with Gasteiger partial charge >= 0.3 is 0 Å². The standard InChI is InChI=1S/C20H28N4O3S.HI/c1-15-6-9-18(10-7-15)28(25,26)24-12-11-22-20(21-3)23-14-17-8-5-16(2)13-19(17)27-4;/h5-10,13,24H,11-12,14H2,1-4H3,(H2,21,22,23);1H. The lowest BCUT2D eigenvalue weighted by atomic mass is 10.1. The molecular formula is C20H29IN4O3S. The molecule has 7 nitrogen and oxygen atoms in total. The summed E-state index contributed by atoms with van der Waals surface area (Å²) in [6.45, 7) is 5.11. The van der Waals surface area contributed by atoms with Gasteiger partial charge in [0.2, 0.25) is 10.0 Å². The van der Waals surface area contributed by atoms with Crippen LogP contribution in [0, 0.1) is 13.8 Å². The van der Waals surface area contributed by atoms with Crippen molar-refractivity contribution in [2.45, 2.75) is 25.3 Å². The highest BCUT2D eigenvalue weighted by Crippen LogP contribution is 2.19. The summed E-state index contributed by atoms with van der Waals surface area (Å²) in [6.07, 6.45) is 0. The van der Waals surface area contributed by atoms with E-state index in [2.05, 4.69) is 20.3 Å². The molecule has 0 aromatic heterocycles. The summed E-state index contributed by atoms with van der Waals surface area (Å²) in [5.41, 5.74) is 3.15. The number of aliphatic imine (C=N–C) groups is 1. The Balaban J connectivity index is 0.00000420. The molecule has 0 saturated heterocycles. The summed E-state index contributed by atoms with van der Waals surface area (Å²) >= 11 is 0. The molecule has 160 valence electrons. The largest absolute Gasteiger partial charge is 0.496 e. The predicted octanol–water partition coefficient (Wildman–Crippen LogP) is 2.57. The summed E-state index contributed by atoms with van der Waals surface area (Å²) in [7, 11) is -0.208. The maximum absolute atomic E-state index is 12.3. The monoisotopic (exact) mass is 532 g/mol. The molecule has 0 saturated carbocycles. The van der Waals surface area contributed by atoms with Crippen LogP contribution in [0.3, 0.4) is 0 Å². The molecule has 2 aromatic rings. The van der Waals surface area contributed by atoms with Crippen LogP contribution in [0.25, 0.3) is 0 Å². The Labute approximate surface area is 190 Å². The number of benzene rings is 2. The number of aryl methyl sites for hydroxylation is 2. The summed E-state index contributed by atoms with van der Waals surface area (Å²) < 4.78 is 32.5. The van der Waals surface area contributed by atoms with E-state index in [-0.39, 0.29) is 35.4 Å². The average Bonchev–Trinajstić information content (AvgIpc) is 2.68. The van der Waals surface area contributed by atoms with Crippen molar-refractivity contribution in [2.75, 3.05) is 27.2 Å². The number of ether oxygens (including phenoxy) is 1. The number of nitrogens with zero attached hydrogens (tertiary/aromatic N) is 1. The molecule has 0 fully saturated rings. The van der Waals surface area contributed by atoms with Crippen molar-refractivity contribution < 1.29 is 13.2 Å². The van der Waals surface area contributed by atoms with Gasteiger partial charge in [-0.2, -0.15) is 0 Å². The van der Waals surface area contributed by atoms with E-state index < -0.39 is 10.0 Å². The number of rotatable bonds is 8. The number of nitrogens with one attached hydrogen (secondary N) is 3. The summed E-state index contributed by atoms with van der Waals surface area (Å²) in [4.78, 5) is 4.41. The summed E-state index contributed by atoms with van der Waals surface area (Å²) in [5, 5.41) is 6.29. The minimum absolute atomic E-state index is 0. The minimum Gasteiger partial charge on any atom is -0.496 e. The third-order valence-electron chi connectivity index (χ3n) is 4.15. The number of methoxy groups -OCH3 is 1. The van der Waals surface area contributed by atoms with Gasteiger partial charge in [-0.3, -0.25) is 4.99 Å². The van der Waals surface area contributed by atoms with Crippen LogP contribution in [-0.2, 0) is 16.6 Å². The smallest absolute Gasteiger partial charge is 0.240 e. The van der Waals surface area contributed by atoms with Crippen LogP contribution in [0.4, 0.5) is 0 Å². The first-order chi connectivity index (χ1) is 13.4. The molecule has 0 heterocycles. The second kappa shape index (κ2) is 12.0. The zero-order valence-electron chi connectivity index (χ0n) is 17.2. The van der Waals surface area contributed by atoms with Gasteiger partial charge in [0.25, 0.3) is 0 Å². The molecule has 0 aliphatic heterocycles. The van der Waals surface area contributed by atoms with Gasteiger partial charge in [0.1, 0.15) is 5.75 Å². The van der Waals surface area contributed by atoms with Crippen LogP contribution >= 0.6 is 24.0 Å². The molecule has 0 aliphatic rings. The average molecular weight is 532 g/mol. The third-order valence-corrected chi connectivity index (χ3v) is 5.63. The van der Waals surface area contributed by atoms with E-state index >= 15 is 0 Å². The Hall–Kier alpha value is -1.85. The van der Waals surface area contributed by atoms with Crippen molar-refractivity contribution in [1.29, 1.82) is 0 Å². The Morgan fingerprint density at radius 3 is 2.28 bits per heavy atom. The molecule has 0 unspecified atom stereocenters. The van der Waals surface area contributed by atoms with Crippen LogP contribution in [0.5, 0.6) is 5.75 Å². The number of hydrogen-bond donors (Lipinski definition) is 3. The molecule has 0 atom stereocenters. The van der Waals surface area contributed by atoms with E-state index in [1.54, 1.807) is 38.4 Å². The fourth-order valence-electron chi connectivity index (χ4n) is 2.56. The van der Waals surface area contributed by atoms with Gasteiger partial charge in [-0.1, -0.05) is 29.8 Å². The van der Waals surface area contributed by atoms with E-state index in [1.165, 1.54) is 0 Å². The molecule has 2 aromatic carbocycles. The third kappa shape index (κ3) is 7.82. The van der Waals surface area contributed by atoms with Crippen LogP contribution in [0.1, 0.15) is 16.7 Å². The van der Waals surface area contributed by atoms with Gasteiger partial charge in [-0.25, -0.2) is 13.1 Å². The highest BCUT2D eigenvalue weighted by atomic mass is 127. The second-order valence-electron chi connectivity index (χ2n) is 6.38. The lowest BCUT2D eigenvalue weighted by Crippen LogP contribution is -2.41. The minimum atomic E-state index is -3.52. The number of hydrogen-bond acceptors (Lipinski definition) is 4. The van der Waals surface area contributed by atoms with Gasteiger partial charge in [0, 0.05) is 32.2 Å². The summed E-state index contributed by atoms with van der Waals surface area (Å²) in [6, 6.07) is 12.8. The molecular weight excluding hydrogens is 503 g/mol. The Morgan fingerprint density at radius 1 is 1.00 bits per heavy atom. The van der Waals surface area contributed by atoms with Crippen molar-refractivity contribution in [3.8, 4) is 5.75 Å². The topological polar surface area (TPSA) is 91.8 Å². The first-order valence-corrected chi connectivity index (χ1v) is 10.5. The van der Waals surface area contributed by atoms with Gasteiger partial charge in [0.05, 0.1) is 12.0 Å². The van der Waals surface area contributed by atoms with Gasteiger partial charge in [-0.05, 0) is 37.6 Å². The molecule has 0 aliphatic carbocycles. The summed E-state index contributed by atoms with van der Waals surface area (Å²) in [5.74, 6) is 1.39. The van der Waals surface area contributed by atoms with Crippen LogP contribution in [-0.4, -0.2) is 41.6 Å². The maximum atomic E-state index is 12.3. The lowest BCUT2D eigenvalue weighted by Gasteiger charge is -2.14. The van der Waals surface area contributed by atoms with E-state index in [4.69, 9.17) is 4.74 Å². The molecule has 0 radical (unpaired) electrons. The fraction of sp³-hybridized carbons (Fsp3) is 0.350. The van der Waals surface area contributed by atoms with Crippen molar-refractivity contribution >= 4 is 40.0 Å². The van der Waals surface area contributed by atoms with E-state index in [0.29, 0.717) is 19.0 Å². The van der Waals surface area contributed by atoms with Crippen molar-refractivity contribution in [3.05, 3.63) is 59.2 Å². The Bertz CT molecular complexity index is 916. The normalized spacial score (nSPS) is 11.5. The number of guanidine groups is 1. The quantitative estimate of drug-likeness (QED) is 0.211. The molecule has 0 bridgehead atoms. The number of halogens is 1. The first-order valence-electron chi connectivity index (χ1n) is 9.00. The van der Waals surface area contributed by atoms with Gasteiger partial charge < -0.3 is 15.4 Å². The SMILES string of the molecule is CN=C(NCCNS(=O)(=O)c1ccc(C)cc1)NCc1ccc(C)cc1OC.I. The Kier molecular flexibility index (Phi) is 10.4. The highest BCUT2D eigenvalue weighted by Gasteiger charge is 2.12. The highest BCUT2D eigenvalue weighted by molar-refractivity contribution is 14.0. The zero-order valence-corrected chi connectivity index (χ0v) is 20.3. The van der Waals surface area contributed by atoms with Crippen molar-refractivity contribution in [1.82, 2.24) is 15.4 Å². The molecule has 29 heavy (non-hydrogen) atoms. The molecule has 0 amide bonds. The first kappa shape index (κ1) is 25.2. The molecule has 9 heteroatoms. The Morgan fingerprint density at radius 2 is 1.66 bits per heavy atom. The molecule has 0 spiro atoms. The molecule has 2 rings (SSSR count).